The highest BCUT2D eigenvalue weighted by Crippen LogP contribution is 2.22. The van der Waals surface area contributed by atoms with Gasteiger partial charge in [-0.1, -0.05) is 33.6 Å². The number of hydrogen-bond acceptors (Lipinski definition) is 3. The third-order valence-corrected chi connectivity index (χ3v) is 4.49. The molecule has 7 heteroatoms. The molecule has 0 bridgehead atoms. The molecule has 0 fully saturated rings. The molecule has 0 unspecified atom stereocenters. The maximum atomic E-state index is 12.2. The van der Waals surface area contributed by atoms with E-state index in [4.69, 9.17) is 11.6 Å². The minimum atomic E-state index is -0.231. The van der Waals surface area contributed by atoms with Crippen molar-refractivity contribution in [2.24, 2.45) is 0 Å². The van der Waals surface area contributed by atoms with Gasteiger partial charge >= 0.3 is 0 Å². The summed E-state index contributed by atoms with van der Waals surface area (Å²) < 4.78 is 0.955. The summed E-state index contributed by atoms with van der Waals surface area (Å²) in [6.07, 6.45) is 0. The number of nitrogens with zero attached hydrogens (tertiary/aromatic N) is 1. The van der Waals surface area contributed by atoms with Gasteiger partial charge in [-0.2, -0.15) is 0 Å². The van der Waals surface area contributed by atoms with Gasteiger partial charge < -0.3 is 10.6 Å². The summed E-state index contributed by atoms with van der Waals surface area (Å²) in [5.74, 6) is -0.412. The first-order chi connectivity index (χ1) is 12.2. The average molecular weight is 439 g/mol. The molecule has 5 nitrogen and oxygen atoms in total. The minimum Gasteiger partial charge on any atom is -0.325 e. The fourth-order valence-electron chi connectivity index (χ4n) is 2.41. The van der Waals surface area contributed by atoms with Crippen LogP contribution in [0.3, 0.4) is 0 Å². The van der Waals surface area contributed by atoms with E-state index in [-0.39, 0.29) is 24.9 Å². The minimum absolute atomic E-state index is 0.0803. The average Bonchev–Trinajstić information content (AvgIpc) is 2.52. The molecule has 26 heavy (non-hydrogen) atoms. The zero-order valence-corrected chi connectivity index (χ0v) is 17.2. The van der Waals surface area contributed by atoms with E-state index < -0.39 is 0 Å². The van der Waals surface area contributed by atoms with Crippen LogP contribution in [-0.4, -0.2) is 36.9 Å². The number of amides is 2. The summed E-state index contributed by atoms with van der Waals surface area (Å²) in [6.45, 7) is 4.03. The second-order valence-corrected chi connectivity index (χ2v) is 7.53. The van der Waals surface area contributed by atoms with Crippen molar-refractivity contribution in [1.82, 2.24) is 4.90 Å². The summed E-state index contributed by atoms with van der Waals surface area (Å²) >= 11 is 9.51. The van der Waals surface area contributed by atoms with E-state index in [0.29, 0.717) is 10.7 Å². The Morgan fingerprint density at radius 1 is 1.00 bits per heavy atom. The molecule has 0 saturated heterocycles. The van der Waals surface area contributed by atoms with Crippen molar-refractivity contribution in [1.29, 1.82) is 0 Å². The van der Waals surface area contributed by atoms with Crippen LogP contribution in [0.5, 0.6) is 0 Å². The molecule has 0 heterocycles. The lowest BCUT2D eigenvalue weighted by Crippen LogP contribution is -2.36. The number of likely N-dealkylation sites (N-methyl/N-ethyl adjacent to an activating group) is 1. The Hall–Kier alpha value is -1.89. The number of benzene rings is 2. The Bertz CT molecular complexity index is 759. The van der Waals surface area contributed by atoms with Crippen LogP contribution in [-0.2, 0) is 9.59 Å². The number of nitrogens with one attached hydrogen (secondary N) is 2. The van der Waals surface area contributed by atoms with E-state index in [9.17, 15) is 9.59 Å². The van der Waals surface area contributed by atoms with Gasteiger partial charge in [-0.05, 0) is 62.4 Å². The highest BCUT2D eigenvalue weighted by Gasteiger charge is 2.13. The molecular weight excluding hydrogens is 418 g/mol. The number of aryl methyl sites for hydroxylation is 2. The standard InChI is InChI=1S/C19H21BrClN3O2/c1-12-4-6-17(15(21)8-12)23-19(26)11-24(3)10-18(25)22-16-7-5-14(20)9-13(16)2/h4-9H,10-11H2,1-3H3,(H,22,25)(H,23,26). The van der Waals surface area contributed by atoms with Crippen LogP contribution >= 0.6 is 27.5 Å². The molecule has 0 aromatic heterocycles. The second-order valence-electron chi connectivity index (χ2n) is 6.21. The maximum absolute atomic E-state index is 12.2. The zero-order valence-electron chi connectivity index (χ0n) is 14.9. The molecule has 0 aliphatic heterocycles. The van der Waals surface area contributed by atoms with Crippen molar-refractivity contribution in [3.05, 3.63) is 57.0 Å². The molecule has 2 aromatic rings. The number of anilines is 2. The summed E-state index contributed by atoms with van der Waals surface area (Å²) in [6, 6.07) is 11.1. The quantitative estimate of drug-likeness (QED) is 0.709. The molecule has 0 radical (unpaired) electrons. The third-order valence-electron chi connectivity index (χ3n) is 3.69. The largest absolute Gasteiger partial charge is 0.325 e. The lowest BCUT2D eigenvalue weighted by Gasteiger charge is -2.17. The lowest BCUT2D eigenvalue weighted by atomic mass is 10.2. The zero-order chi connectivity index (χ0) is 19.3. The first-order valence-electron chi connectivity index (χ1n) is 8.05. The second kappa shape index (κ2) is 9.16. The van der Waals surface area contributed by atoms with Gasteiger partial charge in [-0.25, -0.2) is 0 Å². The van der Waals surface area contributed by atoms with E-state index in [1.165, 1.54) is 0 Å². The van der Waals surface area contributed by atoms with Crippen molar-refractivity contribution < 1.29 is 9.59 Å². The smallest absolute Gasteiger partial charge is 0.238 e. The van der Waals surface area contributed by atoms with Gasteiger partial charge in [0.05, 0.1) is 23.8 Å². The van der Waals surface area contributed by atoms with Gasteiger partial charge in [0.25, 0.3) is 0 Å². The number of carbonyl (C=O) groups excluding carboxylic acids is 2. The first-order valence-corrected chi connectivity index (χ1v) is 9.22. The van der Waals surface area contributed by atoms with Gasteiger partial charge in [-0.3, -0.25) is 14.5 Å². The van der Waals surface area contributed by atoms with Gasteiger partial charge in [0.15, 0.2) is 0 Å². The Morgan fingerprint density at radius 3 is 2.15 bits per heavy atom. The predicted molar refractivity (Wildman–Crippen MR) is 110 cm³/mol. The van der Waals surface area contributed by atoms with Crippen molar-refractivity contribution in [2.45, 2.75) is 13.8 Å². The summed E-state index contributed by atoms with van der Waals surface area (Å²) in [5.41, 5.74) is 3.29. The van der Waals surface area contributed by atoms with Gasteiger partial charge in [-0.15, -0.1) is 0 Å². The molecule has 2 N–H and O–H groups in total. The first kappa shape index (κ1) is 20.4. The maximum Gasteiger partial charge on any atom is 0.238 e. The molecule has 0 atom stereocenters. The molecule has 138 valence electrons. The summed E-state index contributed by atoms with van der Waals surface area (Å²) in [5, 5.41) is 6.10. The van der Waals surface area contributed by atoms with E-state index in [0.717, 1.165) is 21.3 Å². The number of hydrogen-bond donors (Lipinski definition) is 2. The molecule has 0 saturated carbocycles. The van der Waals surface area contributed by atoms with Gasteiger partial charge in [0.1, 0.15) is 0 Å². The molecule has 0 spiro atoms. The highest BCUT2D eigenvalue weighted by molar-refractivity contribution is 9.10. The lowest BCUT2D eigenvalue weighted by molar-refractivity contribution is -0.119. The predicted octanol–water partition coefficient (Wildman–Crippen LogP) is 4.23. The van der Waals surface area contributed by atoms with Crippen molar-refractivity contribution in [3.8, 4) is 0 Å². The van der Waals surface area contributed by atoms with E-state index >= 15 is 0 Å². The van der Waals surface area contributed by atoms with Crippen LogP contribution in [0.1, 0.15) is 11.1 Å². The van der Waals surface area contributed by atoms with Crippen LogP contribution < -0.4 is 10.6 Å². The molecular formula is C19H21BrClN3O2. The van der Waals surface area contributed by atoms with Crippen LogP contribution in [0.25, 0.3) is 0 Å². The van der Waals surface area contributed by atoms with Gasteiger partial charge in [0.2, 0.25) is 11.8 Å². The normalized spacial score (nSPS) is 10.7. The van der Waals surface area contributed by atoms with E-state index in [1.54, 1.807) is 24.1 Å². The number of halogens is 2. The highest BCUT2D eigenvalue weighted by atomic mass is 79.9. The van der Waals surface area contributed by atoms with E-state index in [1.807, 2.05) is 38.1 Å². The number of carbonyl (C=O) groups is 2. The number of rotatable bonds is 6. The third kappa shape index (κ3) is 6.12. The van der Waals surface area contributed by atoms with Crippen LogP contribution in [0.15, 0.2) is 40.9 Å². The van der Waals surface area contributed by atoms with Crippen molar-refractivity contribution in [2.75, 3.05) is 30.8 Å². The van der Waals surface area contributed by atoms with E-state index in [2.05, 4.69) is 26.6 Å². The van der Waals surface area contributed by atoms with Crippen molar-refractivity contribution in [3.63, 3.8) is 0 Å². The molecule has 2 amide bonds. The SMILES string of the molecule is Cc1ccc(NC(=O)CN(C)CC(=O)Nc2ccc(Br)cc2C)c(Cl)c1. The van der Waals surface area contributed by atoms with Gasteiger partial charge in [0, 0.05) is 10.2 Å². The summed E-state index contributed by atoms with van der Waals surface area (Å²) in [7, 11) is 1.71. The van der Waals surface area contributed by atoms with Crippen LogP contribution in [0.4, 0.5) is 11.4 Å². The topological polar surface area (TPSA) is 61.4 Å². The Morgan fingerprint density at radius 2 is 1.58 bits per heavy atom. The van der Waals surface area contributed by atoms with Crippen LogP contribution in [0.2, 0.25) is 5.02 Å². The monoisotopic (exact) mass is 437 g/mol. The Kier molecular flexibility index (Phi) is 7.20. The summed E-state index contributed by atoms with van der Waals surface area (Å²) in [4.78, 5) is 26.0. The molecule has 0 aliphatic rings. The van der Waals surface area contributed by atoms with Crippen LogP contribution in [0, 0.1) is 13.8 Å². The Balaban J connectivity index is 1.86. The Labute approximate surface area is 166 Å². The fraction of sp³-hybridized carbons (Fsp3) is 0.263. The van der Waals surface area contributed by atoms with Crippen molar-refractivity contribution >= 4 is 50.7 Å². The fourth-order valence-corrected chi connectivity index (χ4v) is 3.17. The molecule has 0 aliphatic carbocycles. The molecule has 2 aromatic carbocycles. The molecule has 2 rings (SSSR count).